The molecule has 16 heteroatoms. The predicted octanol–water partition coefficient (Wildman–Crippen LogP) is 5.53. The summed E-state index contributed by atoms with van der Waals surface area (Å²) < 4.78 is 43.8. The number of aliphatic hydroxyl groups excluding tert-OH is 1. The van der Waals surface area contributed by atoms with Crippen LogP contribution < -0.4 is 19.5 Å². The number of aliphatic carboxylic acids is 1. The van der Waals surface area contributed by atoms with E-state index in [9.17, 15) is 24.9 Å². The first-order chi connectivity index (χ1) is 27.5. The number of fused-ring (bicyclic) bond motifs is 1. The molecular weight excluding hydrogens is 763 g/mol. The molecule has 2 heterocycles. The lowest BCUT2D eigenvalue weighted by atomic mass is 9.91. The van der Waals surface area contributed by atoms with Gasteiger partial charge in [-0.15, -0.1) is 0 Å². The van der Waals surface area contributed by atoms with E-state index in [0.29, 0.717) is 71.8 Å². The zero-order valence-corrected chi connectivity index (χ0v) is 32.0. The lowest BCUT2D eigenvalue weighted by Crippen LogP contribution is -2.50. The summed E-state index contributed by atoms with van der Waals surface area (Å²) in [5, 5.41) is 40.3. The van der Waals surface area contributed by atoms with Crippen molar-refractivity contribution < 1.29 is 52.9 Å². The lowest BCUT2D eigenvalue weighted by Gasteiger charge is -2.36. The summed E-state index contributed by atoms with van der Waals surface area (Å²) in [6, 6.07) is 20.1. The average Bonchev–Trinajstić information content (AvgIpc) is 3.69. The smallest absolute Gasteiger partial charge is 0.337 e. The topological polar surface area (TPSA) is 186 Å². The first-order valence-corrected chi connectivity index (χ1v) is 18.8. The number of carboxylic acids is 1. The second-order valence-corrected chi connectivity index (χ2v) is 14.2. The van der Waals surface area contributed by atoms with E-state index in [0.717, 1.165) is 18.5 Å². The van der Waals surface area contributed by atoms with Crippen LogP contribution in [0.25, 0.3) is 22.2 Å². The SMILES string of the molecule is COC(=O)C1(O)CCN(CCCOc2cccc(-c3cccc(COc4cc(OCc5ccc6nonc6c5)c(CNC(CO)CC(=O)O)cc4Cl)c3F)c2)CC1. The van der Waals surface area contributed by atoms with Crippen LogP contribution in [0, 0.1) is 5.82 Å². The molecule has 0 aliphatic carbocycles. The maximum absolute atomic E-state index is 16.1. The van der Waals surface area contributed by atoms with Crippen molar-refractivity contribution in [3.05, 3.63) is 100 Å². The van der Waals surface area contributed by atoms with Crippen molar-refractivity contribution in [1.82, 2.24) is 20.5 Å². The van der Waals surface area contributed by atoms with Crippen molar-refractivity contribution in [1.29, 1.82) is 0 Å². The molecule has 4 aromatic carbocycles. The second kappa shape index (κ2) is 19.2. The quantitative estimate of drug-likeness (QED) is 0.0603. The predicted molar refractivity (Wildman–Crippen MR) is 206 cm³/mol. The van der Waals surface area contributed by atoms with Gasteiger partial charge in [-0.1, -0.05) is 48.0 Å². The Morgan fingerprint density at radius 1 is 0.965 bits per heavy atom. The molecule has 6 rings (SSSR count). The number of ether oxygens (including phenoxy) is 4. The molecule has 302 valence electrons. The van der Waals surface area contributed by atoms with Crippen LogP contribution in [0.4, 0.5) is 4.39 Å². The number of likely N-dealkylation sites (tertiary alicyclic amines) is 1. The number of esters is 1. The van der Waals surface area contributed by atoms with Gasteiger partial charge in [-0.3, -0.25) is 4.79 Å². The molecule has 57 heavy (non-hydrogen) atoms. The van der Waals surface area contributed by atoms with E-state index in [2.05, 4.69) is 20.5 Å². The molecule has 1 unspecified atom stereocenters. The highest BCUT2D eigenvalue weighted by Crippen LogP contribution is 2.35. The molecule has 1 aliphatic heterocycles. The van der Waals surface area contributed by atoms with Crippen LogP contribution in [0.3, 0.4) is 0 Å². The number of carbonyl (C=O) groups excluding carboxylic acids is 1. The van der Waals surface area contributed by atoms with E-state index >= 15 is 4.39 Å². The Kier molecular flexibility index (Phi) is 13.9. The van der Waals surface area contributed by atoms with Crippen LogP contribution in [-0.4, -0.2) is 94.1 Å². The first kappa shape index (κ1) is 41.3. The minimum Gasteiger partial charge on any atom is -0.494 e. The van der Waals surface area contributed by atoms with Crippen molar-refractivity contribution >= 4 is 34.6 Å². The minimum atomic E-state index is -1.43. The van der Waals surface area contributed by atoms with Gasteiger partial charge in [0, 0.05) is 55.0 Å². The van der Waals surface area contributed by atoms with Crippen molar-refractivity contribution in [3.8, 4) is 28.4 Å². The second-order valence-electron chi connectivity index (χ2n) is 13.8. The third-order valence-corrected chi connectivity index (χ3v) is 10.1. The first-order valence-electron chi connectivity index (χ1n) is 18.4. The fraction of sp³-hybridized carbons (Fsp3) is 0.366. The zero-order valence-electron chi connectivity index (χ0n) is 31.3. The summed E-state index contributed by atoms with van der Waals surface area (Å²) in [7, 11) is 1.28. The van der Waals surface area contributed by atoms with Crippen LogP contribution in [0.2, 0.25) is 5.02 Å². The standard InChI is InChI=1S/C41H44ClFN4O10/c1-53-40(51)41(52)11-14-47(15-12-41)13-4-16-54-31-7-2-5-27(18-31)32-8-3-6-28(39(32)43)25-56-37-21-36(55-24-26-9-10-34-35(17-26)46-57-45-34)29(19-33(37)42)22-44-30(23-48)20-38(49)50/h2-3,5-10,17-19,21,30,44,48,52H,4,11-16,20,22-25H2,1H3,(H,49,50). The van der Waals surface area contributed by atoms with Crippen LogP contribution >= 0.6 is 11.6 Å². The van der Waals surface area contributed by atoms with Gasteiger partial charge >= 0.3 is 11.9 Å². The average molecular weight is 807 g/mol. The number of nitrogens with one attached hydrogen (secondary N) is 1. The molecule has 1 aromatic heterocycles. The molecule has 5 aromatic rings. The number of hydrogen-bond donors (Lipinski definition) is 4. The summed E-state index contributed by atoms with van der Waals surface area (Å²) in [6.07, 6.45) is 1.06. The van der Waals surface area contributed by atoms with Crippen LogP contribution in [0.1, 0.15) is 42.4 Å². The summed E-state index contributed by atoms with van der Waals surface area (Å²) >= 11 is 6.67. The number of rotatable bonds is 19. The van der Waals surface area contributed by atoms with E-state index in [1.807, 2.05) is 12.1 Å². The summed E-state index contributed by atoms with van der Waals surface area (Å²) in [5.74, 6) is -0.919. The van der Waals surface area contributed by atoms with E-state index in [-0.39, 0.29) is 49.1 Å². The molecule has 1 atom stereocenters. The number of nitrogens with zero attached hydrogens (tertiary/aromatic N) is 3. The number of carbonyl (C=O) groups is 2. The van der Waals surface area contributed by atoms with Gasteiger partial charge < -0.3 is 44.5 Å². The number of halogens is 2. The van der Waals surface area contributed by atoms with E-state index in [4.69, 9.17) is 35.2 Å². The maximum Gasteiger partial charge on any atom is 0.337 e. The Morgan fingerprint density at radius 2 is 1.74 bits per heavy atom. The Labute approximate surface area is 333 Å². The van der Waals surface area contributed by atoms with Gasteiger partial charge in [0.25, 0.3) is 0 Å². The number of methoxy groups -OCH3 is 1. The van der Waals surface area contributed by atoms with Crippen molar-refractivity contribution in [3.63, 3.8) is 0 Å². The van der Waals surface area contributed by atoms with Crippen molar-refractivity contribution in [2.75, 3.05) is 40.0 Å². The summed E-state index contributed by atoms with van der Waals surface area (Å²) in [6.45, 7) is 2.02. The monoisotopic (exact) mass is 806 g/mol. The van der Waals surface area contributed by atoms with E-state index in [1.54, 1.807) is 60.7 Å². The molecule has 1 aliphatic rings. The molecule has 0 amide bonds. The van der Waals surface area contributed by atoms with Gasteiger partial charge in [0.15, 0.2) is 5.60 Å². The van der Waals surface area contributed by atoms with Crippen molar-refractivity contribution in [2.45, 2.75) is 57.1 Å². The van der Waals surface area contributed by atoms with Crippen molar-refractivity contribution in [2.24, 2.45) is 0 Å². The number of aliphatic hydroxyl groups is 2. The Balaban J connectivity index is 1.10. The summed E-state index contributed by atoms with van der Waals surface area (Å²) in [4.78, 5) is 25.3. The third kappa shape index (κ3) is 10.8. The van der Waals surface area contributed by atoms with E-state index < -0.39 is 29.4 Å². The Hall–Kier alpha value is -5.32. The molecule has 4 N–H and O–H groups in total. The highest BCUT2D eigenvalue weighted by atomic mass is 35.5. The molecular formula is C41H44ClFN4O10. The largest absolute Gasteiger partial charge is 0.494 e. The molecule has 0 radical (unpaired) electrons. The number of aromatic nitrogens is 2. The van der Waals surface area contributed by atoms with Gasteiger partial charge in [-0.25, -0.2) is 13.8 Å². The minimum absolute atomic E-state index is 0.122. The van der Waals surface area contributed by atoms with Gasteiger partial charge in [0.05, 0.1) is 31.8 Å². The molecule has 0 spiro atoms. The summed E-state index contributed by atoms with van der Waals surface area (Å²) in [5.41, 5.74) is 2.36. The van der Waals surface area contributed by atoms with E-state index in [1.165, 1.54) is 7.11 Å². The molecule has 1 saturated heterocycles. The van der Waals surface area contributed by atoms with Gasteiger partial charge in [-0.2, -0.15) is 0 Å². The molecule has 0 bridgehead atoms. The van der Waals surface area contributed by atoms with Crippen LogP contribution in [-0.2, 0) is 34.1 Å². The highest BCUT2D eigenvalue weighted by molar-refractivity contribution is 6.32. The fourth-order valence-electron chi connectivity index (χ4n) is 6.55. The number of benzene rings is 4. The zero-order chi connectivity index (χ0) is 40.4. The molecule has 0 saturated carbocycles. The molecule has 14 nitrogen and oxygen atoms in total. The van der Waals surface area contributed by atoms with Gasteiger partial charge in [0.1, 0.15) is 47.3 Å². The number of carboxylic acid groups (broad SMARTS) is 1. The normalized spacial score (nSPS) is 14.6. The highest BCUT2D eigenvalue weighted by Gasteiger charge is 2.40. The lowest BCUT2D eigenvalue weighted by molar-refractivity contribution is -0.167. The van der Waals surface area contributed by atoms with Gasteiger partial charge in [0.2, 0.25) is 0 Å². The fourth-order valence-corrected chi connectivity index (χ4v) is 6.79. The van der Waals surface area contributed by atoms with Gasteiger partial charge in [-0.05, 0) is 71.0 Å². The Morgan fingerprint density at radius 3 is 2.51 bits per heavy atom. The third-order valence-electron chi connectivity index (χ3n) is 9.79. The van der Waals surface area contributed by atoms with Crippen LogP contribution in [0.5, 0.6) is 17.2 Å². The Bertz CT molecular complexity index is 2160. The number of hydrogen-bond acceptors (Lipinski definition) is 13. The maximum atomic E-state index is 16.1. The molecule has 1 fully saturated rings. The number of piperidine rings is 1. The van der Waals surface area contributed by atoms with Crippen LogP contribution in [0.15, 0.2) is 77.4 Å².